The summed E-state index contributed by atoms with van der Waals surface area (Å²) < 4.78 is 5.33. The summed E-state index contributed by atoms with van der Waals surface area (Å²) in [5, 5.41) is 8.47. The molecule has 0 aromatic carbocycles. The van der Waals surface area contributed by atoms with E-state index in [9.17, 15) is 0 Å². The molecule has 0 saturated heterocycles. The highest BCUT2D eigenvalue weighted by Gasteiger charge is 2.01. The van der Waals surface area contributed by atoms with Crippen molar-refractivity contribution in [3.05, 3.63) is 0 Å². The lowest BCUT2D eigenvalue weighted by Gasteiger charge is -2.13. The minimum absolute atomic E-state index is 0.190. The maximum absolute atomic E-state index is 8.47. The van der Waals surface area contributed by atoms with Gasteiger partial charge in [-0.2, -0.15) is 0 Å². The van der Waals surface area contributed by atoms with Crippen molar-refractivity contribution in [1.82, 2.24) is 0 Å². The molecule has 0 saturated carbocycles. The summed E-state index contributed by atoms with van der Waals surface area (Å²) in [6, 6.07) is 0. The maximum atomic E-state index is 8.47. The van der Waals surface area contributed by atoms with Gasteiger partial charge in [-0.1, -0.05) is 0 Å². The second-order valence-corrected chi connectivity index (χ2v) is 2.51. The van der Waals surface area contributed by atoms with Crippen LogP contribution in [-0.2, 0) is 4.74 Å². The third-order valence-corrected chi connectivity index (χ3v) is 1.04. The SMILES string of the molecule is CC(C)O[C@@H](C)CCO. The normalized spacial score (nSPS) is 14.3. The van der Waals surface area contributed by atoms with Gasteiger partial charge in [0.15, 0.2) is 0 Å². The number of aliphatic hydroxyl groups excluding tert-OH is 1. The van der Waals surface area contributed by atoms with E-state index in [1.165, 1.54) is 0 Å². The Morgan fingerprint density at radius 3 is 2.22 bits per heavy atom. The topological polar surface area (TPSA) is 29.5 Å². The molecule has 1 N–H and O–H groups in total. The van der Waals surface area contributed by atoms with Crippen LogP contribution < -0.4 is 0 Å². The fourth-order valence-corrected chi connectivity index (χ4v) is 0.714. The predicted octanol–water partition coefficient (Wildman–Crippen LogP) is 1.18. The third-order valence-electron chi connectivity index (χ3n) is 1.04. The van der Waals surface area contributed by atoms with Crippen molar-refractivity contribution in [2.24, 2.45) is 0 Å². The van der Waals surface area contributed by atoms with E-state index in [1.807, 2.05) is 20.8 Å². The van der Waals surface area contributed by atoms with E-state index in [1.54, 1.807) is 0 Å². The Balaban J connectivity index is 3.15. The number of rotatable bonds is 4. The summed E-state index contributed by atoms with van der Waals surface area (Å²) in [6.45, 7) is 6.17. The van der Waals surface area contributed by atoms with Gasteiger partial charge >= 0.3 is 0 Å². The van der Waals surface area contributed by atoms with Gasteiger partial charge < -0.3 is 9.84 Å². The summed E-state index contributed by atoms with van der Waals surface area (Å²) in [5.41, 5.74) is 0. The van der Waals surface area contributed by atoms with Gasteiger partial charge in [-0.15, -0.1) is 0 Å². The zero-order valence-corrected chi connectivity index (χ0v) is 6.42. The van der Waals surface area contributed by atoms with Crippen molar-refractivity contribution in [2.75, 3.05) is 6.61 Å². The van der Waals surface area contributed by atoms with E-state index in [0.717, 1.165) is 6.42 Å². The summed E-state index contributed by atoms with van der Waals surface area (Å²) in [7, 11) is 0. The first-order valence-electron chi connectivity index (χ1n) is 3.43. The molecule has 0 heterocycles. The Labute approximate surface area is 56.8 Å². The summed E-state index contributed by atoms with van der Waals surface area (Å²) in [4.78, 5) is 0. The Hall–Kier alpha value is -0.0800. The van der Waals surface area contributed by atoms with Crippen molar-refractivity contribution in [3.8, 4) is 0 Å². The fraction of sp³-hybridized carbons (Fsp3) is 1.00. The largest absolute Gasteiger partial charge is 0.396 e. The van der Waals surface area contributed by atoms with Gasteiger partial charge in [0.1, 0.15) is 0 Å². The molecule has 0 fully saturated rings. The highest BCUT2D eigenvalue weighted by molar-refractivity contribution is 4.49. The van der Waals surface area contributed by atoms with Gasteiger partial charge in [0, 0.05) is 6.61 Å². The van der Waals surface area contributed by atoms with Crippen LogP contribution in [0.1, 0.15) is 27.2 Å². The molecular formula is C7H16O2. The second kappa shape index (κ2) is 4.77. The number of aliphatic hydroxyl groups is 1. The molecule has 0 amide bonds. The Bertz CT molecular complexity index is 61.9. The minimum atomic E-state index is 0.190. The number of ether oxygens (including phenoxy) is 1. The fourth-order valence-electron chi connectivity index (χ4n) is 0.714. The van der Waals surface area contributed by atoms with E-state index in [-0.39, 0.29) is 18.8 Å². The van der Waals surface area contributed by atoms with Crippen LogP contribution >= 0.6 is 0 Å². The molecule has 1 atom stereocenters. The van der Waals surface area contributed by atoms with E-state index < -0.39 is 0 Å². The van der Waals surface area contributed by atoms with E-state index in [0.29, 0.717) is 0 Å². The average molecular weight is 132 g/mol. The molecule has 0 aromatic rings. The summed E-state index contributed by atoms with van der Waals surface area (Å²) >= 11 is 0. The van der Waals surface area contributed by atoms with Gasteiger partial charge in [-0.05, 0) is 27.2 Å². The van der Waals surface area contributed by atoms with Gasteiger partial charge in [-0.25, -0.2) is 0 Å². The highest BCUT2D eigenvalue weighted by atomic mass is 16.5. The van der Waals surface area contributed by atoms with Crippen LogP contribution in [0.4, 0.5) is 0 Å². The van der Waals surface area contributed by atoms with Crippen LogP contribution in [0.2, 0.25) is 0 Å². The molecule has 0 aliphatic heterocycles. The lowest BCUT2D eigenvalue weighted by Crippen LogP contribution is -2.15. The van der Waals surface area contributed by atoms with Crippen molar-refractivity contribution < 1.29 is 9.84 Å². The number of hydrogen-bond donors (Lipinski definition) is 1. The zero-order chi connectivity index (χ0) is 7.28. The summed E-state index contributed by atoms with van der Waals surface area (Å²) in [5.74, 6) is 0. The van der Waals surface area contributed by atoms with Gasteiger partial charge in [0.25, 0.3) is 0 Å². The molecule has 2 nitrogen and oxygen atoms in total. The van der Waals surface area contributed by atoms with E-state index >= 15 is 0 Å². The van der Waals surface area contributed by atoms with Gasteiger partial charge in [0.05, 0.1) is 12.2 Å². The van der Waals surface area contributed by atoms with Crippen LogP contribution in [-0.4, -0.2) is 23.9 Å². The van der Waals surface area contributed by atoms with Crippen LogP contribution in [0.25, 0.3) is 0 Å². The van der Waals surface area contributed by atoms with Crippen molar-refractivity contribution in [3.63, 3.8) is 0 Å². The van der Waals surface area contributed by atoms with E-state index in [2.05, 4.69) is 0 Å². The quantitative estimate of drug-likeness (QED) is 0.622. The minimum Gasteiger partial charge on any atom is -0.396 e. The molecule has 56 valence electrons. The van der Waals surface area contributed by atoms with Crippen LogP contribution in [0.15, 0.2) is 0 Å². The molecule has 0 bridgehead atoms. The highest BCUT2D eigenvalue weighted by Crippen LogP contribution is 1.99. The molecule has 9 heavy (non-hydrogen) atoms. The first-order valence-corrected chi connectivity index (χ1v) is 3.43. The molecule has 0 aliphatic rings. The first kappa shape index (κ1) is 8.92. The molecule has 2 heteroatoms. The standard InChI is InChI=1S/C7H16O2/c1-6(2)9-7(3)4-5-8/h6-8H,4-5H2,1-3H3/t7-/m0/s1. The Morgan fingerprint density at radius 2 is 1.89 bits per heavy atom. The van der Waals surface area contributed by atoms with Crippen molar-refractivity contribution >= 4 is 0 Å². The molecule has 0 aromatic heterocycles. The molecule has 0 spiro atoms. The Kier molecular flexibility index (Phi) is 4.72. The van der Waals surface area contributed by atoms with Gasteiger partial charge in [0.2, 0.25) is 0 Å². The van der Waals surface area contributed by atoms with Crippen LogP contribution in [0, 0.1) is 0 Å². The smallest absolute Gasteiger partial charge is 0.0572 e. The van der Waals surface area contributed by atoms with Crippen molar-refractivity contribution in [1.29, 1.82) is 0 Å². The van der Waals surface area contributed by atoms with Crippen LogP contribution in [0.5, 0.6) is 0 Å². The molecule has 0 aliphatic carbocycles. The Morgan fingerprint density at radius 1 is 1.33 bits per heavy atom. The lowest BCUT2D eigenvalue weighted by atomic mass is 10.3. The van der Waals surface area contributed by atoms with Gasteiger partial charge in [-0.3, -0.25) is 0 Å². The third kappa shape index (κ3) is 5.80. The average Bonchev–Trinajstić information content (AvgIpc) is 1.63. The van der Waals surface area contributed by atoms with Crippen LogP contribution in [0.3, 0.4) is 0 Å². The van der Waals surface area contributed by atoms with Crippen molar-refractivity contribution in [2.45, 2.75) is 39.4 Å². The molecule has 0 radical (unpaired) electrons. The monoisotopic (exact) mass is 132 g/mol. The molecule has 0 rings (SSSR count). The zero-order valence-electron chi connectivity index (χ0n) is 6.42. The molecule has 0 unspecified atom stereocenters. The maximum Gasteiger partial charge on any atom is 0.0572 e. The lowest BCUT2D eigenvalue weighted by molar-refractivity contribution is 0.00610. The predicted molar refractivity (Wildman–Crippen MR) is 37.4 cm³/mol. The number of hydrogen-bond acceptors (Lipinski definition) is 2. The van der Waals surface area contributed by atoms with E-state index in [4.69, 9.17) is 9.84 Å². The molecular weight excluding hydrogens is 116 g/mol. The summed E-state index contributed by atoms with van der Waals surface area (Å²) in [6.07, 6.45) is 1.19. The second-order valence-electron chi connectivity index (χ2n) is 2.51. The first-order chi connectivity index (χ1) is 4.16.